The molecule has 0 radical (unpaired) electrons. The molecule has 2 fully saturated rings. The van der Waals surface area contributed by atoms with E-state index in [1.54, 1.807) is 12.4 Å². The van der Waals surface area contributed by atoms with E-state index < -0.39 is 0 Å². The zero-order chi connectivity index (χ0) is 18.1. The first kappa shape index (κ1) is 17.1. The van der Waals surface area contributed by atoms with Crippen LogP contribution in [0.5, 0.6) is 5.75 Å². The highest BCUT2D eigenvalue weighted by molar-refractivity contribution is 5.95. The van der Waals surface area contributed by atoms with Gasteiger partial charge in [0.05, 0.1) is 24.0 Å². The molecule has 0 aromatic carbocycles. The third-order valence-electron chi connectivity index (χ3n) is 5.35. The average Bonchev–Trinajstić information content (AvgIpc) is 3.18. The fourth-order valence-electron chi connectivity index (χ4n) is 3.97. The highest BCUT2D eigenvalue weighted by Gasteiger charge is 2.44. The Hall–Kier alpha value is -2.34. The summed E-state index contributed by atoms with van der Waals surface area (Å²) in [5.41, 5.74) is 0.494. The van der Waals surface area contributed by atoms with Gasteiger partial charge in [0.15, 0.2) is 0 Å². The average molecular weight is 356 g/mol. The van der Waals surface area contributed by atoms with Crippen LogP contribution < -0.4 is 4.74 Å². The quantitative estimate of drug-likeness (QED) is 0.845. The van der Waals surface area contributed by atoms with E-state index >= 15 is 0 Å². The van der Waals surface area contributed by atoms with Gasteiger partial charge in [-0.3, -0.25) is 9.78 Å². The second-order valence-electron chi connectivity index (χ2n) is 7.25. The Morgan fingerprint density at radius 2 is 2.15 bits per heavy atom. The minimum Gasteiger partial charge on any atom is -0.486 e. The lowest BCUT2D eigenvalue weighted by atomic mass is 9.87. The van der Waals surface area contributed by atoms with Crippen LogP contribution in [0.15, 0.2) is 35.0 Å². The molecule has 2 aliphatic rings. The number of aromatic nitrogens is 1. The Kier molecular flexibility index (Phi) is 4.44. The molecule has 2 aromatic heterocycles. The molecule has 2 saturated heterocycles. The van der Waals surface area contributed by atoms with Crippen LogP contribution in [-0.2, 0) is 4.74 Å². The minimum absolute atomic E-state index is 0.0419. The zero-order valence-electron chi connectivity index (χ0n) is 15.2. The zero-order valence-corrected chi connectivity index (χ0v) is 15.2. The molecule has 6 heteroatoms. The number of amides is 1. The van der Waals surface area contributed by atoms with Crippen LogP contribution in [0, 0.1) is 13.8 Å². The van der Waals surface area contributed by atoms with Crippen molar-refractivity contribution in [2.45, 2.75) is 44.8 Å². The molecule has 0 aliphatic carbocycles. The van der Waals surface area contributed by atoms with Crippen LogP contribution in [-0.4, -0.2) is 47.2 Å². The lowest BCUT2D eigenvalue weighted by molar-refractivity contribution is -0.0396. The Bertz CT molecular complexity index is 778. The molecule has 0 unspecified atom stereocenters. The summed E-state index contributed by atoms with van der Waals surface area (Å²) in [6.07, 6.45) is 6.02. The Labute approximate surface area is 153 Å². The van der Waals surface area contributed by atoms with Gasteiger partial charge in [-0.25, -0.2) is 0 Å². The van der Waals surface area contributed by atoms with Gasteiger partial charge in [0.2, 0.25) is 0 Å². The highest BCUT2D eigenvalue weighted by atomic mass is 16.6. The number of piperidine rings is 1. The van der Waals surface area contributed by atoms with Gasteiger partial charge < -0.3 is 18.8 Å². The van der Waals surface area contributed by atoms with E-state index in [1.165, 1.54) is 0 Å². The first-order valence-electron chi connectivity index (χ1n) is 9.12. The van der Waals surface area contributed by atoms with Gasteiger partial charge in [0.1, 0.15) is 23.4 Å². The van der Waals surface area contributed by atoms with Crippen molar-refractivity contribution in [1.82, 2.24) is 9.88 Å². The van der Waals surface area contributed by atoms with Crippen molar-refractivity contribution < 1.29 is 18.7 Å². The van der Waals surface area contributed by atoms with Gasteiger partial charge in [-0.05, 0) is 44.9 Å². The molecular weight excluding hydrogens is 332 g/mol. The number of nitrogens with zero attached hydrogens (tertiary/aromatic N) is 2. The maximum Gasteiger partial charge on any atom is 0.257 e. The summed E-state index contributed by atoms with van der Waals surface area (Å²) >= 11 is 0. The molecule has 1 amide bonds. The van der Waals surface area contributed by atoms with Crippen LogP contribution in [0.3, 0.4) is 0 Å². The van der Waals surface area contributed by atoms with Crippen LogP contribution >= 0.6 is 0 Å². The normalized spacial score (nSPS) is 21.9. The molecule has 4 rings (SSSR count). The smallest absolute Gasteiger partial charge is 0.257 e. The first-order chi connectivity index (χ1) is 12.5. The van der Waals surface area contributed by atoms with Crippen molar-refractivity contribution in [3.05, 3.63) is 47.7 Å². The lowest BCUT2D eigenvalue weighted by Gasteiger charge is -2.38. The molecule has 138 valence electrons. The number of carbonyl (C=O) groups excluding carboxylic acids is 1. The Morgan fingerprint density at radius 1 is 1.35 bits per heavy atom. The summed E-state index contributed by atoms with van der Waals surface area (Å²) in [4.78, 5) is 18.7. The standard InChI is InChI=1S/C20H24N2O4/c1-14-10-18(15(2)25-14)19(23)22-8-5-20(6-9-22)11-17(13-24-20)26-16-4-3-7-21-12-16/h3-4,7,10,12,17H,5-6,8-9,11,13H2,1-2H3/t17-/m1/s1. The second-order valence-corrected chi connectivity index (χ2v) is 7.25. The molecule has 2 aliphatic heterocycles. The van der Waals surface area contributed by atoms with E-state index in [0.29, 0.717) is 31.0 Å². The summed E-state index contributed by atoms with van der Waals surface area (Å²) in [5.74, 6) is 2.29. The van der Waals surface area contributed by atoms with Gasteiger partial charge in [-0.15, -0.1) is 0 Å². The summed E-state index contributed by atoms with van der Waals surface area (Å²) < 4.78 is 17.6. The van der Waals surface area contributed by atoms with E-state index in [0.717, 1.165) is 30.8 Å². The second kappa shape index (κ2) is 6.76. The Morgan fingerprint density at radius 3 is 2.81 bits per heavy atom. The number of furan rings is 1. The van der Waals surface area contributed by atoms with E-state index in [9.17, 15) is 4.79 Å². The van der Waals surface area contributed by atoms with Crippen LogP contribution in [0.4, 0.5) is 0 Å². The summed E-state index contributed by atoms with van der Waals surface area (Å²) in [7, 11) is 0. The fourth-order valence-corrected chi connectivity index (χ4v) is 3.97. The summed E-state index contributed by atoms with van der Waals surface area (Å²) in [6.45, 7) is 5.68. The molecular formula is C20H24N2O4. The third-order valence-corrected chi connectivity index (χ3v) is 5.35. The first-order valence-corrected chi connectivity index (χ1v) is 9.12. The molecule has 0 bridgehead atoms. The molecule has 2 aromatic rings. The van der Waals surface area contributed by atoms with E-state index in [2.05, 4.69) is 4.98 Å². The molecule has 26 heavy (non-hydrogen) atoms. The topological polar surface area (TPSA) is 64.8 Å². The van der Waals surface area contributed by atoms with Crippen LogP contribution in [0.1, 0.15) is 41.1 Å². The van der Waals surface area contributed by atoms with Crippen molar-refractivity contribution in [3.8, 4) is 5.75 Å². The molecule has 4 heterocycles. The predicted octanol–water partition coefficient (Wildman–Crippen LogP) is 3.13. The maximum atomic E-state index is 12.7. The molecule has 1 spiro atoms. The van der Waals surface area contributed by atoms with Crippen molar-refractivity contribution in [3.63, 3.8) is 0 Å². The summed E-state index contributed by atoms with van der Waals surface area (Å²) in [6, 6.07) is 5.60. The van der Waals surface area contributed by atoms with Crippen molar-refractivity contribution in [1.29, 1.82) is 0 Å². The molecule has 1 atom stereocenters. The summed E-state index contributed by atoms with van der Waals surface area (Å²) in [5, 5.41) is 0. The Balaban J connectivity index is 1.35. The predicted molar refractivity (Wildman–Crippen MR) is 95.3 cm³/mol. The van der Waals surface area contributed by atoms with E-state index in [-0.39, 0.29) is 17.6 Å². The number of aryl methyl sites for hydroxylation is 2. The number of hydrogen-bond donors (Lipinski definition) is 0. The highest BCUT2D eigenvalue weighted by Crippen LogP contribution is 2.37. The van der Waals surface area contributed by atoms with Gasteiger partial charge >= 0.3 is 0 Å². The third kappa shape index (κ3) is 3.33. The maximum absolute atomic E-state index is 12.7. The van der Waals surface area contributed by atoms with E-state index in [4.69, 9.17) is 13.9 Å². The number of carbonyl (C=O) groups is 1. The van der Waals surface area contributed by atoms with Gasteiger partial charge in [0.25, 0.3) is 5.91 Å². The molecule has 6 nitrogen and oxygen atoms in total. The molecule has 0 N–H and O–H groups in total. The van der Waals surface area contributed by atoms with Crippen molar-refractivity contribution >= 4 is 5.91 Å². The number of rotatable bonds is 3. The number of ether oxygens (including phenoxy) is 2. The SMILES string of the molecule is Cc1cc(C(=O)N2CCC3(CC2)C[C@@H](Oc2cccnc2)CO3)c(C)o1. The monoisotopic (exact) mass is 356 g/mol. The van der Waals surface area contributed by atoms with E-state index in [1.807, 2.05) is 36.9 Å². The van der Waals surface area contributed by atoms with Crippen LogP contribution in [0.2, 0.25) is 0 Å². The van der Waals surface area contributed by atoms with Gasteiger partial charge in [-0.2, -0.15) is 0 Å². The van der Waals surface area contributed by atoms with Crippen LogP contribution in [0.25, 0.3) is 0 Å². The van der Waals surface area contributed by atoms with Crippen molar-refractivity contribution in [2.75, 3.05) is 19.7 Å². The number of likely N-dealkylation sites (tertiary alicyclic amines) is 1. The largest absolute Gasteiger partial charge is 0.486 e. The minimum atomic E-state index is -0.176. The van der Waals surface area contributed by atoms with Crippen molar-refractivity contribution in [2.24, 2.45) is 0 Å². The molecule has 0 saturated carbocycles. The van der Waals surface area contributed by atoms with Gasteiger partial charge in [-0.1, -0.05) is 0 Å². The lowest BCUT2D eigenvalue weighted by Crippen LogP contribution is -2.46. The fraction of sp³-hybridized carbons (Fsp3) is 0.500. The number of hydrogen-bond acceptors (Lipinski definition) is 5. The van der Waals surface area contributed by atoms with Gasteiger partial charge in [0, 0.05) is 25.7 Å². The number of pyridine rings is 1.